The first kappa shape index (κ1) is 8.94. The highest BCUT2D eigenvalue weighted by Gasteiger charge is 2.20. The van der Waals surface area contributed by atoms with Crippen molar-refractivity contribution in [2.75, 3.05) is 33.2 Å². The summed E-state index contributed by atoms with van der Waals surface area (Å²) in [5, 5.41) is 3.08. The molecule has 11 heavy (non-hydrogen) atoms. The van der Waals surface area contributed by atoms with Gasteiger partial charge in [0, 0.05) is 13.1 Å². The summed E-state index contributed by atoms with van der Waals surface area (Å²) in [6, 6.07) is 0. The minimum Gasteiger partial charge on any atom is -0.320 e. The number of likely N-dealkylation sites (tertiary alicyclic amines) is 1. The Hall–Kier alpha value is -0.150. The van der Waals surface area contributed by atoms with E-state index < -0.39 is 6.17 Å². The number of rotatable bonds is 4. The number of alkyl halides is 1. The van der Waals surface area contributed by atoms with Crippen LogP contribution in [-0.2, 0) is 0 Å². The van der Waals surface area contributed by atoms with Crippen molar-refractivity contribution in [1.29, 1.82) is 0 Å². The summed E-state index contributed by atoms with van der Waals surface area (Å²) in [6.07, 6.45) is 1.30. The molecule has 1 heterocycles. The fraction of sp³-hybridized carbons (Fsp3) is 1.00. The van der Waals surface area contributed by atoms with Gasteiger partial charge in [-0.3, -0.25) is 0 Å². The lowest BCUT2D eigenvalue weighted by Crippen LogP contribution is -2.24. The molecule has 0 aliphatic carbocycles. The van der Waals surface area contributed by atoms with Gasteiger partial charge in [0.05, 0.1) is 0 Å². The van der Waals surface area contributed by atoms with Gasteiger partial charge in [-0.25, -0.2) is 4.39 Å². The first-order valence-corrected chi connectivity index (χ1v) is 4.34. The number of nitrogens with zero attached hydrogens (tertiary/aromatic N) is 1. The van der Waals surface area contributed by atoms with Crippen LogP contribution in [0.15, 0.2) is 0 Å². The molecule has 1 rings (SSSR count). The smallest absolute Gasteiger partial charge is 0.114 e. The van der Waals surface area contributed by atoms with Crippen LogP contribution in [0.1, 0.15) is 12.8 Å². The lowest BCUT2D eigenvalue weighted by atomic mass is 10.3. The highest BCUT2D eigenvalue weighted by atomic mass is 19.1. The molecule has 0 saturated carbocycles. The normalized spacial score (nSPS) is 26.2. The average Bonchev–Trinajstić information content (AvgIpc) is 2.37. The molecular formula is C8H17FN2. The Labute approximate surface area is 67.8 Å². The summed E-state index contributed by atoms with van der Waals surface area (Å²) in [5.74, 6) is 0. The molecule has 1 saturated heterocycles. The maximum atomic E-state index is 12.6. The van der Waals surface area contributed by atoms with E-state index in [1.165, 1.54) is 0 Å². The first-order valence-electron chi connectivity index (χ1n) is 4.34. The van der Waals surface area contributed by atoms with Crippen LogP contribution in [-0.4, -0.2) is 44.3 Å². The average molecular weight is 160 g/mol. The molecular weight excluding hydrogens is 143 g/mol. The Morgan fingerprint density at radius 1 is 1.64 bits per heavy atom. The molecule has 1 atom stereocenters. The highest BCUT2D eigenvalue weighted by molar-refractivity contribution is 4.74. The van der Waals surface area contributed by atoms with E-state index in [0.717, 1.165) is 32.5 Å². The van der Waals surface area contributed by atoms with E-state index in [1.54, 1.807) is 0 Å². The molecule has 1 aliphatic rings. The second-order valence-electron chi connectivity index (χ2n) is 3.14. The van der Waals surface area contributed by atoms with Gasteiger partial charge in [0.1, 0.15) is 6.17 Å². The molecule has 0 aromatic rings. The zero-order chi connectivity index (χ0) is 8.10. The van der Waals surface area contributed by atoms with Crippen LogP contribution in [0.2, 0.25) is 0 Å². The third-order valence-electron chi connectivity index (χ3n) is 2.12. The lowest BCUT2D eigenvalue weighted by Gasteiger charge is -2.13. The number of hydrogen-bond donors (Lipinski definition) is 1. The molecule has 1 aliphatic heterocycles. The van der Waals surface area contributed by atoms with Crippen molar-refractivity contribution in [3.8, 4) is 0 Å². The summed E-state index contributed by atoms with van der Waals surface area (Å²) < 4.78 is 12.6. The molecule has 1 N–H and O–H groups in total. The van der Waals surface area contributed by atoms with Crippen LogP contribution >= 0.6 is 0 Å². The van der Waals surface area contributed by atoms with Crippen LogP contribution < -0.4 is 5.32 Å². The summed E-state index contributed by atoms with van der Waals surface area (Å²) in [6.45, 7) is 3.68. The molecule has 2 nitrogen and oxygen atoms in total. The Balaban J connectivity index is 1.99. The predicted octanol–water partition coefficient (Wildman–Crippen LogP) is 0.640. The lowest BCUT2D eigenvalue weighted by molar-refractivity contribution is 0.285. The second kappa shape index (κ2) is 4.67. The van der Waals surface area contributed by atoms with Gasteiger partial charge in [0.2, 0.25) is 0 Å². The van der Waals surface area contributed by atoms with Crippen LogP contribution in [0.4, 0.5) is 4.39 Å². The van der Waals surface area contributed by atoms with Crippen molar-refractivity contribution in [3.63, 3.8) is 0 Å². The summed E-state index contributed by atoms with van der Waals surface area (Å²) >= 11 is 0. The minimum atomic E-state index is -0.565. The van der Waals surface area contributed by atoms with E-state index in [4.69, 9.17) is 0 Å². The van der Waals surface area contributed by atoms with E-state index in [9.17, 15) is 4.39 Å². The van der Waals surface area contributed by atoms with Crippen LogP contribution in [0.5, 0.6) is 0 Å². The first-order chi connectivity index (χ1) is 5.33. The van der Waals surface area contributed by atoms with Crippen molar-refractivity contribution in [2.24, 2.45) is 0 Å². The summed E-state index contributed by atoms with van der Waals surface area (Å²) in [7, 11) is 1.95. The fourth-order valence-corrected chi connectivity index (χ4v) is 1.47. The Kier molecular flexibility index (Phi) is 3.80. The maximum Gasteiger partial charge on any atom is 0.114 e. The van der Waals surface area contributed by atoms with Gasteiger partial charge in [-0.2, -0.15) is 0 Å². The maximum absolute atomic E-state index is 12.6. The molecule has 66 valence electrons. The van der Waals surface area contributed by atoms with Crippen LogP contribution in [0.3, 0.4) is 0 Å². The van der Waals surface area contributed by atoms with Crippen molar-refractivity contribution >= 4 is 0 Å². The summed E-state index contributed by atoms with van der Waals surface area (Å²) in [4.78, 5) is 2.20. The van der Waals surface area contributed by atoms with Gasteiger partial charge in [-0.05, 0) is 33.0 Å². The molecule has 0 amide bonds. The molecule has 1 unspecified atom stereocenters. The number of nitrogens with one attached hydrogen (secondary N) is 1. The van der Waals surface area contributed by atoms with Gasteiger partial charge in [-0.15, -0.1) is 0 Å². The van der Waals surface area contributed by atoms with Crippen molar-refractivity contribution in [2.45, 2.75) is 19.0 Å². The Morgan fingerprint density at radius 3 is 3.00 bits per heavy atom. The van der Waals surface area contributed by atoms with E-state index in [-0.39, 0.29) is 0 Å². The number of hydrogen-bond acceptors (Lipinski definition) is 2. The zero-order valence-corrected chi connectivity index (χ0v) is 7.15. The van der Waals surface area contributed by atoms with Crippen molar-refractivity contribution in [3.05, 3.63) is 0 Å². The summed E-state index contributed by atoms with van der Waals surface area (Å²) in [5.41, 5.74) is 0. The van der Waals surface area contributed by atoms with Gasteiger partial charge in [0.25, 0.3) is 0 Å². The Bertz CT molecular complexity index is 108. The van der Waals surface area contributed by atoms with Crippen molar-refractivity contribution in [1.82, 2.24) is 10.2 Å². The van der Waals surface area contributed by atoms with E-state index >= 15 is 0 Å². The van der Waals surface area contributed by atoms with Gasteiger partial charge in [0.15, 0.2) is 0 Å². The molecule has 0 spiro atoms. The van der Waals surface area contributed by atoms with E-state index in [2.05, 4.69) is 10.2 Å². The van der Waals surface area contributed by atoms with Gasteiger partial charge >= 0.3 is 0 Å². The van der Waals surface area contributed by atoms with Crippen LogP contribution in [0, 0.1) is 0 Å². The largest absolute Gasteiger partial charge is 0.320 e. The predicted molar refractivity (Wildman–Crippen MR) is 44.5 cm³/mol. The fourth-order valence-electron chi connectivity index (χ4n) is 1.47. The minimum absolute atomic E-state index is 0.565. The SMILES string of the molecule is CNCCCN1CCC(F)C1. The standard InChI is InChI=1S/C8H17FN2/c1-10-4-2-5-11-6-3-8(9)7-11/h8,10H,2-7H2,1H3. The van der Waals surface area contributed by atoms with E-state index in [0.29, 0.717) is 6.54 Å². The van der Waals surface area contributed by atoms with E-state index in [1.807, 2.05) is 7.05 Å². The molecule has 0 bridgehead atoms. The number of halogens is 1. The Morgan fingerprint density at radius 2 is 2.45 bits per heavy atom. The quantitative estimate of drug-likeness (QED) is 0.607. The third kappa shape index (κ3) is 3.16. The van der Waals surface area contributed by atoms with Gasteiger partial charge < -0.3 is 10.2 Å². The molecule has 0 radical (unpaired) electrons. The second-order valence-corrected chi connectivity index (χ2v) is 3.14. The van der Waals surface area contributed by atoms with Crippen LogP contribution in [0.25, 0.3) is 0 Å². The molecule has 0 aromatic carbocycles. The molecule has 3 heteroatoms. The highest BCUT2D eigenvalue weighted by Crippen LogP contribution is 2.11. The topological polar surface area (TPSA) is 15.3 Å². The molecule has 0 aromatic heterocycles. The monoisotopic (exact) mass is 160 g/mol. The zero-order valence-electron chi connectivity index (χ0n) is 7.15. The third-order valence-corrected chi connectivity index (χ3v) is 2.12. The molecule has 1 fully saturated rings. The van der Waals surface area contributed by atoms with Gasteiger partial charge in [-0.1, -0.05) is 0 Å². The van der Waals surface area contributed by atoms with Crippen molar-refractivity contribution < 1.29 is 4.39 Å².